The van der Waals surface area contributed by atoms with Crippen molar-refractivity contribution < 1.29 is 0 Å². The lowest BCUT2D eigenvalue weighted by Gasteiger charge is -2.28. The summed E-state index contributed by atoms with van der Waals surface area (Å²) in [6.45, 7) is 2.11. The van der Waals surface area contributed by atoms with Gasteiger partial charge in [0.25, 0.3) is 0 Å². The summed E-state index contributed by atoms with van der Waals surface area (Å²) in [7, 11) is 0. The Bertz CT molecular complexity index is 305. The first-order valence-electron chi connectivity index (χ1n) is 5.83. The maximum Gasteiger partial charge on any atom is 0.0342 e. The van der Waals surface area contributed by atoms with Crippen LogP contribution in [0.5, 0.6) is 0 Å². The lowest BCUT2D eigenvalue weighted by atomic mass is 9.91. The third kappa shape index (κ3) is 2.96. The van der Waals surface area contributed by atoms with E-state index in [0.717, 1.165) is 6.42 Å². The van der Waals surface area contributed by atoms with Gasteiger partial charge >= 0.3 is 0 Å². The van der Waals surface area contributed by atoms with Crippen molar-refractivity contribution in [3.05, 3.63) is 29.8 Å². The normalized spacial score (nSPS) is 26.3. The topological polar surface area (TPSA) is 38.0 Å². The standard InChI is InChI=1S/C13H20N2/c1-10-5-7-12(8-6-10)15-13-4-2-3-11(14)9-13/h5-8,11,13,15H,2-4,9,14H2,1H3. The molecule has 2 heteroatoms. The van der Waals surface area contributed by atoms with Crippen LogP contribution in [0.3, 0.4) is 0 Å². The second-order valence-electron chi connectivity index (χ2n) is 4.63. The molecule has 82 valence electrons. The van der Waals surface area contributed by atoms with Gasteiger partial charge in [-0.05, 0) is 44.7 Å². The molecule has 0 amide bonds. The summed E-state index contributed by atoms with van der Waals surface area (Å²) >= 11 is 0. The number of nitrogens with one attached hydrogen (secondary N) is 1. The molecule has 15 heavy (non-hydrogen) atoms. The number of hydrogen-bond acceptors (Lipinski definition) is 2. The maximum atomic E-state index is 5.96. The Labute approximate surface area is 91.9 Å². The van der Waals surface area contributed by atoms with Gasteiger partial charge in [0.05, 0.1) is 0 Å². The van der Waals surface area contributed by atoms with Crippen LogP contribution in [0, 0.1) is 6.92 Å². The number of benzene rings is 1. The van der Waals surface area contributed by atoms with Crippen LogP contribution >= 0.6 is 0 Å². The Hall–Kier alpha value is -1.02. The van der Waals surface area contributed by atoms with Crippen molar-refractivity contribution in [2.24, 2.45) is 5.73 Å². The fourth-order valence-electron chi connectivity index (χ4n) is 2.24. The summed E-state index contributed by atoms with van der Waals surface area (Å²) in [5.74, 6) is 0. The van der Waals surface area contributed by atoms with E-state index in [1.165, 1.54) is 30.5 Å². The molecule has 0 radical (unpaired) electrons. The molecule has 1 aromatic rings. The second kappa shape index (κ2) is 4.67. The van der Waals surface area contributed by atoms with Crippen molar-refractivity contribution in [2.45, 2.75) is 44.7 Å². The van der Waals surface area contributed by atoms with E-state index in [1.54, 1.807) is 0 Å². The highest BCUT2D eigenvalue weighted by Gasteiger charge is 2.18. The summed E-state index contributed by atoms with van der Waals surface area (Å²) in [5.41, 5.74) is 8.49. The lowest BCUT2D eigenvalue weighted by Crippen LogP contribution is -2.34. The SMILES string of the molecule is Cc1ccc(NC2CCCC(N)C2)cc1. The molecule has 0 aromatic heterocycles. The van der Waals surface area contributed by atoms with Crippen molar-refractivity contribution in [1.82, 2.24) is 0 Å². The summed E-state index contributed by atoms with van der Waals surface area (Å²) in [6, 6.07) is 9.54. The molecule has 0 bridgehead atoms. The molecule has 2 unspecified atom stereocenters. The lowest BCUT2D eigenvalue weighted by molar-refractivity contribution is 0.409. The van der Waals surface area contributed by atoms with Gasteiger partial charge in [0.2, 0.25) is 0 Å². The Balaban J connectivity index is 1.93. The summed E-state index contributed by atoms with van der Waals surface area (Å²) in [6.07, 6.45) is 4.80. The van der Waals surface area contributed by atoms with Crippen LogP contribution in [-0.4, -0.2) is 12.1 Å². The molecule has 0 heterocycles. The van der Waals surface area contributed by atoms with Crippen LogP contribution in [0.4, 0.5) is 5.69 Å². The first kappa shape index (κ1) is 10.5. The Morgan fingerprint density at radius 3 is 2.60 bits per heavy atom. The molecule has 3 N–H and O–H groups in total. The molecule has 2 rings (SSSR count). The Morgan fingerprint density at radius 2 is 1.93 bits per heavy atom. The van der Waals surface area contributed by atoms with Crippen LogP contribution < -0.4 is 11.1 Å². The molecule has 0 spiro atoms. The minimum absolute atomic E-state index is 0.390. The van der Waals surface area contributed by atoms with Crippen molar-refractivity contribution in [2.75, 3.05) is 5.32 Å². The minimum Gasteiger partial charge on any atom is -0.382 e. The Morgan fingerprint density at radius 1 is 1.20 bits per heavy atom. The second-order valence-corrected chi connectivity index (χ2v) is 4.63. The number of anilines is 1. The van der Waals surface area contributed by atoms with Gasteiger partial charge in [-0.1, -0.05) is 17.7 Å². The highest BCUT2D eigenvalue weighted by atomic mass is 14.9. The zero-order valence-corrected chi connectivity index (χ0v) is 9.37. The van der Waals surface area contributed by atoms with E-state index in [0.29, 0.717) is 12.1 Å². The smallest absolute Gasteiger partial charge is 0.0342 e. The Kier molecular flexibility index (Phi) is 3.27. The third-order valence-corrected chi connectivity index (χ3v) is 3.14. The largest absolute Gasteiger partial charge is 0.382 e. The summed E-state index contributed by atoms with van der Waals surface area (Å²) < 4.78 is 0. The van der Waals surface area contributed by atoms with E-state index in [4.69, 9.17) is 5.73 Å². The van der Waals surface area contributed by atoms with Crippen LogP contribution in [0.15, 0.2) is 24.3 Å². The first-order valence-corrected chi connectivity index (χ1v) is 5.83. The van der Waals surface area contributed by atoms with E-state index in [1.807, 2.05) is 0 Å². The molecular weight excluding hydrogens is 184 g/mol. The van der Waals surface area contributed by atoms with Crippen molar-refractivity contribution in [1.29, 1.82) is 0 Å². The average molecular weight is 204 g/mol. The van der Waals surface area contributed by atoms with Gasteiger partial charge in [-0.2, -0.15) is 0 Å². The van der Waals surface area contributed by atoms with Crippen LogP contribution in [0.1, 0.15) is 31.2 Å². The third-order valence-electron chi connectivity index (χ3n) is 3.14. The van der Waals surface area contributed by atoms with Gasteiger partial charge < -0.3 is 11.1 Å². The number of rotatable bonds is 2. The molecular formula is C13H20N2. The molecule has 1 fully saturated rings. The molecule has 2 nitrogen and oxygen atoms in total. The van der Waals surface area contributed by atoms with E-state index < -0.39 is 0 Å². The zero-order valence-electron chi connectivity index (χ0n) is 9.37. The van der Waals surface area contributed by atoms with Gasteiger partial charge in [0.15, 0.2) is 0 Å². The van der Waals surface area contributed by atoms with E-state index in [-0.39, 0.29) is 0 Å². The van der Waals surface area contributed by atoms with Gasteiger partial charge in [0, 0.05) is 17.8 Å². The first-order chi connectivity index (χ1) is 7.24. The van der Waals surface area contributed by atoms with Crippen molar-refractivity contribution in [3.8, 4) is 0 Å². The molecule has 1 aliphatic rings. The molecule has 2 atom stereocenters. The highest BCUT2D eigenvalue weighted by molar-refractivity contribution is 5.45. The molecule has 1 aromatic carbocycles. The summed E-state index contributed by atoms with van der Waals surface area (Å²) in [4.78, 5) is 0. The molecule has 0 aliphatic heterocycles. The van der Waals surface area contributed by atoms with Crippen LogP contribution in [0.25, 0.3) is 0 Å². The van der Waals surface area contributed by atoms with E-state index in [9.17, 15) is 0 Å². The minimum atomic E-state index is 0.390. The van der Waals surface area contributed by atoms with Crippen molar-refractivity contribution in [3.63, 3.8) is 0 Å². The van der Waals surface area contributed by atoms with Gasteiger partial charge in [-0.3, -0.25) is 0 Å². The highest BCUT2D eigenvalue weighted by Crippen LogP contribution is 2.21. The molecule has 0 saturated heterocycles. The van der Waals surface area contributed by atoms with Crippen LogP contribution in [0.2, 0.25) is 0 Å². The van der Waals surface area contributed by atoms with Gasteiger partial charge in [-0.15, -0.1) is 0 Å². The van der Waals surface area contributed by atoms with Gasteiger partial charge in [0.1, 0.15) is 0 Å². The summed E-state index contributed by atoms with van der Waals surface area (Å²) in [5, 5.41) is 3.56. The fourth-order valence-corrected chi connectivity index (χ4v) is 2.24. The number of aryl methyl sites for hydroxylation is 1. The van der Waals surface area contributed by atoms with E-state index in [2.05, 4.69) is 36.5 Å². The van der Waals surface area contributed by atoms with Gasteiger partial charge in [-0.25, -0.2) is 0 Å². The van der Waals surface area contributed by atoms with Crippen molar-refractivity contribution >= 4 is 5.69 Å². The predicted molar refractivity (Wildman–Crippen MR) is 65.0 cm³/mol. The van der Waals surface area contributed by atoms with E-state index >= 15 is 0 Å². The molecule has 1 saturated carbocycles. The van der Waals surface area contributed by atoms with Crippen LogP contribution in [-0.2, 0) is 0 Å². The quantitative estimate of drug-likeness (QED) is 0.777. The number of hydrogen-bond donors (Lipinski definition) is 2. The maximum absolute atomic E-state index is 5.96. The zero-order chi connectivity index (χ0) is 10.7. The predicted octanol–water partition coefficient (Wildman–Crippen LogP) is 2.68. The number of nitrogens with two attached hydrogens (primary N) is 1. The average Bonchev–Trinajstić information content (AvgIpc) is 2.22. The molecule has 1 aliphatic carbocycles. The monoisotopic (exact) mass is 204 g/mol. The fraction of sp³-hybridized carbons (Fsp3) is 0.538.